The van der Waals surface area contributed by atoms with Crippen LogP contribution in [0, 0.1) is 16.7 Å². The van der Waals surface area contributed by atoms with Crippen molar-refractivity contribution in [3.05, 3.63) is 48.2 Å². The lowest BCUT2D eigenvalue weighted by atomic mass is 9.99. The van der Waals surface area contributed by atoms with Crippen molar-refractivity contribution >= 4 is 33.2 Å². The standard InChI is InChI=1S/C19H23N4OP3/c1-18(2,3)11-24-16-7-5-12(9-21-16)13-4-6-15-14(8-20)22-17(19(25,26)27)23(15)10-13/h4-7,9-10H,11,25-27H2,1-3H3. The molecule has 0 bridgehead atoms. The summed E-state index contributed by atoms with van der Waals surface area (Å²) in [7, 11) is 8.14. The van der Waals surface area contributed by atoms with Crippen LogP contribution in [0.4, 0.5) is 0 Å². The van der Waals surface area contributed by atoms with Gasteiger partial charge in [-0.1, -0.05) is 26.8 Å². The number of rotatable bonds is 4. The van der Waals surface area contributed by atoms with Crippen molar-refractivity contribution in [1.82, 2.24) is 14.4 Å². The second-order valence-corrected chi connectivity index (χ2v) is 12.6. The lowest BCUT2D eigenvalue weighted by molar-refractivity contribution is 0.191. The van der Waals surface area contributed by atoms with Crippen molar-refractivity contribution < 1.29 is 4.74 Å². The number of fused-ring (bicyclic) bond motifs is 1. The normalized spacial score (nSPS) is 12.2. The highest BCUT2D eigenvalue weighted by Gasteiger charge is 2.23. The molecule has 0 saturated carbocycles. The molecule has 0 aliphatic rings. The van der Waals surface area contributed by atoms with E-state index < -0.39 is 4.64 Å². The summed E-state index contributed by atoms with van der Waals surface area (Å²) in [6.07, 6.45) is 3.79. The molecule has 3 aromatic heterocycles. The highest BCUT2D eigenvalue weighted by atomic mass is 31.1. The predicted octanol–water partition coefficient (Wildman–Crippen LogP) is 4.43. The molecule has 0 N–H and O–H groups in total. The van der Waals surface area contributed by atoms with E-state index in [0.29, 0.717) is 18.2 Å². The molecule has 0 radical (unpaired) electrons. The predicted molar refractivity (Wildman–Crippen MR) is 119 cm³/mol. The first kappa shape index (κ1) is 20.2. The summed E-state index contributed by atoms with van der Waals surface area (Å²) in [5, 5.41) is 9.37. The summed E-state index contributed by atoms with van der Waals surface area (Å²) in [6, 6.07) is 9.93. The van der Waals surface area contributed by atoms with Gasteiger partial charge in [0.15, 0.2) is 5.69 Å². The second-order valence-electron chi connectivity index (χ2n) is 7.74. The Balaban J connectivity index is 1.97. The van der Waals surface area contributed by atoms with Crippen molar-refractivity contribution in [2.24, 2.45) is 5.41 Å². The summed E-state index contributed by atoms with van der Waals surface area (Å²) in [5.41, 5.74) is 3.25. The maximum absolute atomic E-state index is 9.37. The van der Waals surface area contributed by atoms with Gasteiger partial charge in [0.25, 0.3) is 0 Å². The highest BCUT2D eigenvalue weighted by Crippen LogP contribution is 2.45. The number of nitrogens with zero attached hydrogens (tertiary/aromatic N) is 4. The topological polar surface area (TPSA) is 63.2 Å². The monoisotopic (exact) mass is 416 g/mol. The molecule has 0 saturated heterocycles. The Bertz CT molecular complexity index is 1010. The van der Waals surface area contributed by atoms with Gasteiger partial charge in [-0.05, 0) is 23.1 Å². The van der Waals surface area contributed by atoms with Crippen LogP contribution in [0.25, 0.3) is 16.6 Å². The minimum absolute atomic E-state index is 0.0860. The van der Waals surface area contributed by atoms with Crippen molar-refractivity contribution in [3.8, 4) is 23.1 Å². The van der Waals surface area contributed by atoms with E-state index >= 15 is 0 Å². The zero-order valence-corrected chi connectivity index (χ0v) is 19.1. The highest BCUT2D eigenvalue weighted by molar-refractivity contribution is 7.56. The molecular formula is C19H23N4OP3. The van der Waals surface area contributed by atoms with Gasteiger partial charge in [0.1, 0.15) is 11.9 Å². The molecule has 5 nitrogen and oxygen atoms in total. The zero-order chi connectivity index (χ0) is 19.8. The third-order valence-corrected chi connectivity index (χ3v) is 4.63. The van der Waals surface area contributed by atoms with Crippen LogP contribution in [-0.2, 0) is 4.64 Å². The van der Waals surface area contributed by atoms with Gasteiger partial charge in [0.2, 0.25) is 5.88 Å². The maximum atomic E-state index is 9.37. The molecule has 8 heteroatoms. The summed E-state index contributed by atoms with van der Waals surface area (Å²) < 4.78 is 7.27. The van der Waals surface area contributed by atoms with Gasteiger partial charge < -0.3 is 9.14 Å². The Morgan fingerprint density at radius 3 is 2.37 bits per heavy atom. The molecule has 27 heavy (non-hydrogen) atoms. The van der Waals surface area contributed by atoms with Crippen LogP contribution in [0.2, 0.25) is 0 Å². The molecule has 3 heterocycles. The van der Waals surface area contributed by atoms with Crippen LogP contribution < -0.4 is 4.74 Å². The smallest absolute Gasteiger partial charge is 0.213 e. The van der Waals surface area contributed by atoms with Gasteiger partial charge in [0, 0.05) is 24.0 Å². The summed E-state index contributed by atoms with van der Waals surface area (Å²) >= 11 is 0. The van der Waals surface area contributed by atoms with E-state index in [0.717, 1.165) is 22.5 Å². The molecule has 0 spiro atoms. The number of hydrogen-bond acceptors (Lipinski definition) is 4. The lowest BCUT2D eigenvalue weighted by Gasteiger charge is -2.18. The minimum atomic E-state index is -0.417. The van der Waals surface area contributed by atoms with Gasteiger partial charge >= 0.3 is 0 Å². The molecule has 0 aliphatic carbocycles. The third kappa shape index (κ3) is 4.64. The maximum Gasteiger partial charge on any atom is 0.213 e. The van der Waals surface area contributed by atoms with Gasteiger partial charge in [0.05, 0.1) is 16.8 Å². The summed E-state index contributed by atoms with van der Waals surface area (Å²) in [4.78, 5) is 8.90. The van der Waals surface area contributed by atoms with Crippen molar-refractivity contribution in [3.63, 3.8) is 0 Å². The molecule has 0 fully saturated rings. The largest absolute Gasteiger partial charge is 0.477 e. The molecular weight excluding hydrogens is 393 g/mol. The van der Waals surface area contributed by atoms with E-state index in [-0.39, 0.29) is 5.41 Å². The Kier molecular flexibility index (Phi) is 5.56. The molecule has 3 rings (SSSR count). The molecule has 140 valence electrons. The van der Waals surface area contributed by atoms with Gasteiger partial charge in [-0.25, -0.2) is 9.97 Å². The van der Waals surface area contributed by atoms with E-state index in [1.165, 1.54) is 0 Å². The number of nitriles is 1. The molecule has 3 unspecified atom stereocenters. The fourth-order valence-corrected chi connectivity index (χ4v) is 3.18. The van der Waals surface area contributed by atoms with E-state index in [1.54, 1.807) is 6.20 Å². The Morgan fingerprint density at radius 2 is 1.81 bits per heavy atom. The molecule has 3 aromatic rings. The van der Waals surface area contributed by atoms with E-state index in [2.05, 4.69) is 64.5 Å². The van der Waals surface area contributed by atoms with Gasteiger partial charge in [-0.3, -0.25) is 0 Å². The quantitative estimate of drug-likeness (QED) is 0.591. The number of ether oxygens (including phenoxy) is 1. The Morgan fingerprint density at radius 1 is 1.11 bits per heavy atom. The Labute approximate surface area is 166 Å². The first-order valence-corrected chi connectivity index (χ1v) is 10.2. The van der Waals surface area contributed by atoms with Crippen LogP contribution in [0.5, 0.6) is 5.88 Å². The second kappa shape index (κ2) is 7.44. The average molecular weight is 416 g/mol. The molecule has 0 aromatic carbocycles. The van der Waals surface area contributed by atoms with Crippen LogP contribution >= 0.6 is 27.7 Å². The third-order valence-electron chi connectivity index (χ3n) is 3.85. The Hall–Kier alpha value is -1.58. The van der Waals surface area contributed by atoms with E-state index in [4.69, 9.17) is 4.74 Å². The minimum Gasteiger partial charge on any atom is -0.477 e. The zero-order valence-electron chi connectivity index (χ0n) is 15.6. The van der Waals surface area contributed by atoms with Crippen LogP contribution in [0.1, 0.15) is 32.3 Å². The van der Waals surface area contributed by atoms with Crippen LogP contribution in [0.15, 0.2) is 36.7 Å². The van der Waals surface area contributed by atoms with Crippen LogP contribution in [-0.4, -0.2) is 21.0 Å². The number of imidazole rings is 1. The number of aromatic nitrogens is 3. The number of hydrogen-bond donors (Lipinski definition) is 0. The van der Waals surface area contributed by atoms with Crippen molar-refractivity contribution in [1.29, 1.82) is 5.26 Å². The average Bonchev–Trinajstić information content (AvgIpc) is 2.98. The number of pyridine rings is 2. The lowest BCUT2D eigenvalue weighted by Crippen LogP contribution is -2.17. The van der Waals surface area contributed by atoms with E-state index in [1.807, 2.05) is 34.9 Å². The van der Waals surface area contributed by atoms with Gasteiger partial charge in [-0.2, -0.15) is 5.26 Å². The van der Waals surface area contributed by atoms with Crippen molar-refractivity contribution in [2.45, 2.75) is 25.4 Å². The fourth-order valence-electron chi connectivity index (χ4n) is 2.57. The first-order chi connectivity index (χ1) is 12.6. The first-order valence-electron chi connectivity index (χ1n) is 8.47. The van der Waals surface area contributed by atoms with E-state index in [9.17, 15) is 5.26 Å². The molecule has 0 amide bonds. The van der Waals surface area contributed by atoms with Gasteiger partial charge in [-0.15, -0.1) is 27.7 Å². The van der Waals surface area contributed by atoms with Crippen molar-refractivity contribution in [2.75, 3.05) is 6.61 Å². The molecule has 3 atom stereocenters. The summed E-state index contributed by atoms with van der Waals surface area (Å²) in [6.45, 7) is 6.98. The van der Waals surface area contributed by atoms with Crippen LogP contribution in [0.3, 0.4) is 0 Å². The summed E-state index contributed by atoms with van der Waals surface area (Å²) in [5.74, 6) is 1.37. The SMILES string of the molecule is CC(C)(C)COc1ccc(-c2ccc3c(C#N)nc(C(P)(P)P)n3c2)cn1. The molecule has 0 aliphatic heterocycles. The fraction of sp³-hybridized carbons (Fsp3) is 0.316.